The number of hydrogen-bond donors (Lipinski definition) is 1. The molecule has 3 aromatic carbocycles. The zero-order valence-electron chi connectivity index (χ0n) is 17.8. The van der Waals surface area contributed by atoms with E-state index >= 15 is 0 Å². The number of ether oxygens (including phenoxy) is 1. The highest BCUT2D eigenvalue weighted by Gasteiger charge is 2.23. The fraction of sp³-hybridized carbons (Fsp3) is 0.208. The minimum absolute atomic E-state index is 0.0179. The van der Waals surface area contributed by atoms with Gasteiger partial charge in [0.1, 0.15) is 10.6 Å². The monoisotopic (exact) mass is 438 g/mol. The van der Waals surface area contributed by atoms with Crippen LogP contribution in [0.25, 0.3) is 11.1 Å². The molecule has 1 amide bonds. The van der Waals surface area contributed by atoms with Crippen molar-refractivity contribution in [1.29, 1.82) is 0 Å². The van der Waals surface area contributed by atoms with Crippen LogP contribution in [0.2, 0.25) is 0 Å². The molecule has 0 saturated carbocycles. The van der Waals surface area contributed by atoms with Crippen LogP contribution in [-0.2, 0) is 21.2 Å². The van der Waals surface area contributed by atoms with Crippen molar-refractivity contribution in [1.82, 2.24) is 4.31 Å². The number of anilines is 1. The zero-order chi connectivity index (χ0) is 22.4. The molecule has 0 saturated heterocycles. The molecule has 0 aliphatic heterocycles. The lowest BCUT2D eigenvalue weighted by Gasteiger charge is -2.16. The van der Waals surface area contributed by atoms with Crippen molar-refractivity contribution in [2.24, 2.45) is 0 Å². The second-order valence-corrected chi connectivity index (χ2v) is 9.29. The van der Waals surface area contributed by atoms with Gasteiger partial charge in [0.25, 0.3) is 0 Å². The summed E-state index contributed by atoms with van der Waals surface area (Å²) in [7, 11) is -0.813. The van der Waals surface area contributed by atoms with Gasteiger partial charge >= 0.3 is 0 Å². The van der Waals surface area contributed by atoms with Gasteiger partial charge in [-0.25, -0.2) is 12.7 Å². The van der Waals surface area contributed by atoms with Gasteiger partial charge in [-0.2, -0.15) is 0 Å². The van der Waals surface area contributed by atoms with Gasteiger partial charge < -0.3 is 10.1 Å². The number of nitrogens with zero attached hydrogens (tertiary/aromatic N) is 1. The molecule has 3 aromatic rings. The van der Waals surface area contributed by atoms with Gasteiger partial charge in [-0.3, -0.25) is 4.79 Å². The number of nitrogens with one attached hydrogen (secondary N) is 1. The van der Waals surface area contributed by atoms with E-state index in [-0.39, 0.29) is 23.0 Å². The molecular formula is C24H26N2O4S. The fourth-order valence-electron chi connectivity index (χ4n) is 3.10. The number of carbonyl (C=O) groups excluding carboxylic acids is 1. The van der Waals surface area contributed by atoms with Gasteiger partial charge in [-0.1, -0.05) is 54.6 Å². The van der Waals surface area contributed by atoms with Crippen LogP contribution in [0, 0.1) is 0 Å². The third-order valence-electron chi connectivity index (χ3n) is 4.71. The average Bonchev–Trinajstić information content (AvgIpc) is 2.76. The van der Waals surface area contributed by atoms with Crippen molar-refractivity contribution in [2.75, 3.05) is 26.0 Å². The van der Waals surface area contributed by atoms with Crippen LogP contribution in [-0.4, -0.2) is 39.3 Å². The van der Waals surface area contributed by atoms with E-state index in [0.29, 0.717) is 12.3 Å². The number of amides is 1. The van der Waals surface area contributed by atoms with Crippen molar-refractivity contribution in [3.8, 4) is 16.9 Å². The molecule has 0 heterocycles. The molecule has 0 aliphatic carbocycles. The first kappa shape index (κ1) is 22.5. The summed E-state index contributed by atoms with van der Waals surface area (Å²) >= 11 is 0. The maximum absolute atomic E-state index is 12.6. The Morgan fingerprint density at radius 3 is 2.19 bits per heavy atom. The molecule has 0 aliphatic rings. The minimum Gasteiger partial charge on any atom is -0.492 e. The largest absolute Gasteiger partial charge is 0.492 e. The molecule has 1 N–H and O–H groups in total. The van der Waals surface area contributed by atoms with Gasteiger partial charge in [-0.05, 0) is 41.8 Å². The lowest BCUT2D eigenvalue weighted by molar-refractivity contribution is -0.115. The van der Waals surface area contributed by atoms with E-state index in [1.807, 2.05) is 54.6 Å². The van der Waals surface area contributed by atoms with Gasteiger partial charge in [0.05, 0.1) is 13.0 Å². The van der Waals surface area contributed by atoms with Crippen molar-refractivity contribution < 1.29 is 17.9 Å². The standard InChI is InChI=1S/C24H26N2O4S/c1-4-30-22-15-14-21(17-23(22)31(28,29)26(2)3)25-24(27)16-18-10-12-20(13-11-18)19-8-6-5-7-9-19/h5-15,17H,4,16H2,1-3H3,(H,25,27). The van der Waals surface area contributed by atoms with E-state index in [0.717, 1.165) is 21.0 Å². The smallest absolute Gasteiger partial charge is 0.246 e. The molecule has 0 unspecified atom stereocenters. The molecular weight excluding hydrogens is 412 g/mol. The number of sulfonamides is 1. The summed E-state index contributed by atoms with van der Waals surface area (Å²) in [5.41, 5.74) is 3.45. The Hall–Kier alpha value is -3.16. The van der Waals surface area contributed by atoms with Crippen LogP contribution in [0.5, 0.6) is 5.75 Å². The van der Waals surface area contributed by atoms with Crippen molar-refractivity contribution in [3.05, 3.63) is 78.4 Å². The molecule has 7 heteroatoms. The van der Waals surface area contributed by atoms with Gasteiger partial charge in [0.15, 0.2) is 0 Å². The second kappa shape index (κ2) is 9.76. The Morgan fingerprint density at radius 2 is 1.58 bits per heavy atom. The van der Waals surface area contributed by atoms with Crippen molar-refractivity contribution in [3.63, 3.8) is 0 Å². The van der Waals surface area contributed by atoms with E-state index in [4.69, 9.17) is 4.74 Å². The highest BCUT2D eigenvalue weighted by atomic mass is 32.2. The summed E-state index contributed by atoms with van der Waals surface area (Å²) in [6.45, 7) is 2.12. The third-order valence-corrected chi connectivity index (χ3v) is 6.55. The van der Waals surface area contributed by atoms with Gasteiger partial charge in [0.2, 0.25) is 15.9 Å². The molecule has 0 fully saturated rings. The van der Waals surface area contributed by atoms with Gasteiger partial charge in [0, 0.05) is 19.8 Å². The SMILES string of the molecule is CCOc1ccc(NC(=O)Cc2ccc(-c3ccccc3)cc2)cc1S(=O)(=O)N(C)C. The molecule has 0 spiro atoms. The summed E-state index contributed by atoms with van der Waals surface area (Å²) in [6.07, 6.45) is 0.179. The number of carbonyl (C=O) groups is 1. The number of benzene rings is 3. The van der Waals surface area contributed by atoms with E-state index < -0.39 is 10.0 Å². The van der Waals surface area contributed by atoms with Crippen LogP contribution in [0.3, 0.4) is 0 Å². The first-order valence-electron chi connectivity index (χ1n) is 9.95. The van der Waals surface area contributed by atoms with Crippen LogP contribution in [0.1, 0.15) is 12.5 Å². The highest BCUT2D eigenvalue weighted by Crippen LogP contribution is 2.29. The van der Waals surface area contributed by atoms with Crippen LogP contribution >= 0.6 is 0 Å². The van der Waals surface area contributed by atoms with E-state index in [2.05, 4.69) is 5.32 Å². The Balaban J connectivity index is 1.74. The lowest BCUT2D eigenvalue weighted by atomic mass is 10.0. The summed E-state index contributed by atoms with van der Waals surface area (Å²) < 4.78 is 31.9. The summed E-state index contributed by atoms with van der Waals surface area (Å²) in [5.74, 6) is 0.0236. The molecule has 162 valence electrons. The number of rotatable bonds is 8. The second-order valence-electron chi connectivity index (χ2n) is 7.17. The molecule has 0 radical (unpaired) electrons. The molecule has 0 bridgehead atoms. The van der Waals surface area contributed by atoms with Crippen molar-refractivity contribution in [2.45, 2.75) is 18.2 Å². The Labute approximate surface area is 183 Å². The van der Waals surface area contributed by atoms with E-state index in [1.54, 1.807) is 19.1 Å². The van der Waals surface area contributed by atoms with Crippen LogP contribution in [0.15, 0.2) is 77.7 Å². The maximum atomic E-state index is 12.6. The topological polar surface area (TPSA) is 75.7 Å². The van der Waals surface area contributed by atoms with Crippen LogP contribution in [0.4, 0.5) is 5.69 Å². The summed E-state index contributed by atoms with van der Waals surface area (Å²) in [5, 5.41) is 2.78. The Kier molecular flexibility index (Phi) is 7.09. The zero-order valence-corrected chi connectivity index (χ0v) is 18.6. The molecule has 6 nitrogen and oxygen atoms in total. The molecule has 31 heavy (non-hydrogen) atoms. The Bertz CT molecular complexity index is 1140. The average molecular weight is 439 g/mol. The van der Waals surface area contributed by atoms with E-state index in [1.165, 1.54) is 20.2 Å². The number of hydrogen-bond acceptors (Lipinski definition) is 4. The molecule has 0 atom stereocenters. The third kappa shape index (κ3) is 5.51. The summed E-state index contributed by atoms with van der Waals surface area (Å²) in [4.78, 5) is 12.6. The minimum atomic E-state index is -3.72. The molecule has 3 rings (SSSR count). The summed E-state index contributed by atoms with van der Waals surface area (Å²) in [6, 6.07) is 22.4. The maximum Gasteiger partial charge on any atom is 0.246 e. The molecule has 0 aromatic heterocycles. The Morgan fingerprint density at radius 1 is 0.935 bits per heavy atom. The normalized spacial score (nSPS) is 11.4. The predicted molar refractivity (Wildman–Crippen MR) is 123 cm³/mol. The fourth-order valence-corrected chi connectivity index (χ4v) is 4.15. The van der Waals surface area contributed by atoms with E-state index in [9.17, 15) is 13.2 Å². The lowest BCUT2D eigenvalue weighted by Crippen LogP contribution is -2.23. The first-order chi connectivity index (χ1) is 14.8. The quantitative estimate of drug-likeness (QED) is 0.572. The highest BCUT2D eigenvalue weighted by molar-refractivity contribution is 7.89. The first-order valence-corrected chi connectivity index (χ1v) is 11.4. The van der Waals surface area contributed by atoms with Crippen molar-refractivity contribution >= 4 is 21.6 Å². The van der Waals surface area contributed by atoms with Gasteiger partial charge in [-0.15, -0.1) is 0 Å². The predicted octanol–water partition coefficient (Wildman–Crippen LogP) is 4.18. The van der Waals surface area contributed by atoms with Crippen LogP contribution < -0.4 is 10.1 Å².